The lowest BCUT2D eigenvalue weighted by atomic mass is 9.58. The van der Waals surface area contributed by atoms with Gasteiger partial charge in [0.2, 0.25) is 70.9 Å². The van der Waals surface area contributed by atoms with Crippen LogP contribution >= 0.6 is 0 Å². The Balaban J connectivity index is 1.37. The van der Waals surface area contributed by atoms with Crippen molar-refractivity contribution in [2.24, 2.45) is 17.3 Å². The van der Waals surface area contributed by atoms with Crippen LogP contribution in [0.1, 0.15) is 141 Å². The van der Waals surface area contributed by atoms with E-state index in [1.165, 1.54) is 91.2 Å². The summed E-state index contributed by atoms with van der Waals surface area (Å²) in [4.78, 5) is 192. The molecule has 2 saturated heterocycles. The number of rotatable bonds is 14. The highest BCUT2D eigenvalue weighted by molar-refractivity contribution is 6.01. The highest BCUT2D eigenvalue weighted by atomic mass is 19.4. The quantitative estimate of drug-likeness (QED) is 0.164. The molecule has 0 unspecified atom stereocenters. The van der Waals surface area contributed by atoms with Gasteiger partial charge in [0.25, 0.3) is 0 Å². The van der Waals surface area contributed by atoms with Gasteiger partial charge in [0.1, 0.15) is 59.6 Å². The molecule has 0 radical (unpaired) electrons. The molecule has 7 rings (SSSR count). The zero-order valence-electron chi connectivity index (χ0n) is 66.0. The van der Waals surface area contributed by atoms with E-state index in [-0.39, 0.29) is 75.8 Å². The number of hydrogen-bond donors (Lipinski definition) is 3. The third kappa shape index (κ3) is 20.8. The van der Waals surface area contributed by atoms with Gasteiger partial charge in [-0.1, -0.05) is 77.3 Å². The molecule has 4 fully saturated rings. The van der Waals surface area contributed by atoms with Crippen molar-refractivity contribution in [2.45, 2.75) is 210 Å². The number of nitrogens with zero attached hydrogens (tertiary/aromatic N) is 9. The highest BCUT2D eigenvalue weighted by Gasteiger charge is 2.59. The maximum atomic E-state index is 15.8. The number of aryl methyl sites for hydroxylation is 1. The summed E-state index contributed by atoms with van der Waals surface area (Å²) in [6, 6.07) is -4.87. The second-order valence-electron chi connectivity index (χ2n) is 31.0. The van der Waals surface area contributed by atoms with Crippen molar-refractivity contribution >= 4 is 70.9 Å². The number of benzene rings is 2. The van der Waals surface area contributed by atoms with Crippen molar-refractivity contribution in [3.8, 4) is 5.75 Å². The summed E-state index contributed by atoms with van der Waals surface area (Å²) in [5.41, 5.74) is -4.09. The van der Waals surface area contributed by atoms with Crippen molar-refractivity contribution < 1.29 is 98.1 Å². The molecule has 2 bridgehead atoms. The Hall–Kier alpha value is -8.88. The lowest BCUT2D eigenvalue weighted by molar-refractivity contribution is -0.161. The lowest BCUT2D eigenvalue weighted by Gasteiger charge is -2.54. The number of fused-ring (bicyclic) bond motifs is 3. The maximum Gasteiger partial charge on any atom is 0.419 e. The minimum Gasteiger partial charge on any atom is -0.496 e. The Bertz CT molecular complexity index is 3710. The minimum atomic E-state index is -4.83. The van der Waals surface area contributed by atoms with Crippen molar-refractivity contribution in [3.63, 3.8) is 0 Å². The number of alkyl halides is 6. The normalized spacial score (nSPS) is 26.5. The molecule has 610 valence electrons. The van der Waals surface area contributed by atoms with Crippen LogP contribution < -0.4 is 20.7 Å². The molecule has 3 aliphatic heterocycles. The largest absolute Gasteiger partial charge is 0.496 e. The van der Waals surface area contributed by atoms with E-state index in [2.05, 4.69) is 16.0 Å². The van der Waals surface area contributed by atoms with Gasteiger partial charge in [0.05, 0.1) is 50.0 Å². The van der Waals surface area contributed by atoms with Crippen LogP contribution in [0.4, 0.5) is 26.3 Å². The summed E-state index contributed by atoms with van der Waals surface area (Å²) < 4.78 is 102. The highest BCUT2D eigenvalue weighted by Crippen LogP contribution is 2.50. The zero-order valence-corrected chi connectivity index (χ0v) is 66.0. The van der Waals surface area contributed by atoms with E-state index < -0.39 is 209 Å². The van der Waals surface area contributed by atoms with Crippen LogP contribution in [-0.2, 0) is 92.2 Å². The number of ether oxygens (including phenoxy) is 3. The van der Waals surface area contributed by atoms with Crippen molar-refractivity contribution in [3.05, 3.63) is 76.9 Å². The van der Waals surface area contributed by atoms with Gasteiger partial charge in [-0.3, -0.25) is 57.5 Å². The molecule has 27 nitrogen and oxygen atoms in total. The van der Waals surface area contributed by atoms with Crippen LogP contribution in [0.25, 0.3) is 0 Å². The molecule has 0 aromatic heterocycles. The first-order valence-corrected chi connectivity index (χ1v) is 37.4. The standard InChI is InChI=1S/C77H110F6N12O15/c1-17-45(3)62-71(105)89(10)42-61(98)90(11)54-26-20-19-23-35-94(70(54)104)57(36-47-27-31-50(32-28-47)76(78,79)80)69(103)88(9)41-59(96)84-53(34-30-48-29-33-52(77(81,82)83)58(37-48)109-16)67(101)95-40-51(110-18-2)38-55(95)65(99)86-75(43-74(5,6)44-75)73(107)93(14)64(49-24-21-22-25-49)72(106)91(12)56(68(102)87(7)8)39-60(97)92(13)63(46(4)108-15)66(100)85-62/h19-20,27-29,31-33,37,45-46,49,51,53-57,62-64H,17-18,21-26,30,34-36,38-44H2,1-16H3,(H,84,96)(H,85,100)(H,86,99)/b20-19-/t45-,46+,51+,53-,54+,55-,56-,57-,62-,63-,64-/m0/s1. The summed E-state index contributed by atoms with van der Waals surface area (Å²) in [6.07, 6.45) is -7.41. The van der Waals surface area contributed by atoms with E-state index in [1.54, 1.807) is 32.9 Å². The Morgan fingerprint density at radius 2 is 1.32 bits per heavy atom. The summed E-state index contributed by atoms with van der Waals surface area (Å²) in [5.74, 6) is -11.5. The van der Waals surface area contributed by atoms with Crippen LogP contribution in [0.2, 0.25) is 0 Å². The van der Waals surface area contributed by atoms with Gasteiger partial charge in [0.15, 0.2) is 0 Å². The predicted molar refractivity (Wildman–Crippen MR) is 391 cm³/mol. The molecule has 3 heterocycles. The van der Waals surface area contributed by atoms with E-state index in [9.17, 15) is 55.1 Å². The molecule has 2 aromatic rings. The Morgan fingerprint density at radius 3 is 1.89 bits per heavy atom. The van der Waals surface area contributed by atoms with Crippen LogP contribution in [0, 0.1) is 17.3 Å². The predicted octanol–water partition coefficient (Wildman–Crippen LogP) is 5.09. The summed E-state index contributed by atoms with van der Waals surface area (Å²) in [5, 5.41) is 8.49. The molecule has 2 aromatic carbocycles. The Morgan fingerprint density at radius 1 is 0.691 bits per heavy atom. The molecule has 33 heteroatoms. The number of likely N-dealkylation sites (N-methyl/N-ethyl adjacent to an activating group) is 7. The van der Waals surface area contributed by atoms with Gasteiger partial charge in [-0.05, 0) is 118 Å². The van der Waals surface area contributed by atoms with Gasteiger partial charge in [-0.25, -0.2) is 0 Å². The van der Waals surface area contributed by atoms with E-state index in [0.29, 0.717) is 32.1 Å². The molecule has 2 saturated carbocycles. The third-order valence-corrected chi connectivity index (χ3v) is 22.3. The average Bonchev–Trinajstić information content (AvgIpc) is 0.921. The number of methoxy groups -OCH3 is 2. The Kier molecular flexibility index (Phi) is 29.7. The fourth-order valence-electron chi connectivity index (χ4n) is 16.0. The van der Waals surface area contributed by atoms with Gasteiger partial charge in [-0.2, -0.15) is 26.3 Å². The lowest BCUT2D eigenvalue weighted by Crippen LogP contribution is -2.71. The number of carbonyl (C=O) groups excluding carboxylic acids is 12. The number of nitrogens with one attached hydrogen (secondary N) is 3. The Labute approximate surface area is 639 Å². The first-order valence-electron chi connectivity index (χ1n) is 37.4. The SMILES string of the molecule is CCO[C@@H]1C[C@H]2C(=O)NC3(CC(C)(C)C3)C(=O)N(C)[C@@H](C3CCCC3)C(=O)N(C)[C@H](C(=O)N(C)C)CC(=O)N(C)[C@@H]([C@@H](C)OC)C(=O)N[C@@H]([C@@H](C)CC)C(=O)N(C)CC(=O)N(C)[C@@H]3C/C=C\CCN(C3=O)[C@@H](Cc3ccc(C(F)(F)F)cc3)C(=O)N(C)CC(=O)N[C@@H](CCc3ccc(C(F)(F)F)c(OC)c3)C(=O)N2C1. The van der Waals surface area contributed by atoms with Crippen LogP contribution in [0.15, 0.2) is 54.6 Å². The summed E-state index contributed by atoms with van der Waals surface area (Å²) in [6.45, 7) is 8.46. The molecule has 2 aliphatic carbocycles. The van der Waals surface area contributed by atoms with Gasteiger partial charge >= 0.3 is 12.4 Å². The first-order chi connectivity index (χ1) is 51.5. The molecular formula is C77H110F6N12O15. The summed E-state index contributed by atoms with van der Waals surface area (Å²) >= 11 is 0. The molecule has 12 amide bonds. The number of hydrogen-bond acceptors (Lipinski definition) is 15. The second kappa shape index (κ2) is 37.0. The molecule has 5 aliphatic rings. The minimum absolute atomic E-state index is 0.0268. The van der Waals surface area contributed by atoms with E-state index in [0.717, 1.165) is 72.9 Å². The summed E-state index contributed by atoms with van der Waals surface area (Å²) in [7, 11) is 13.1. The van der Waals surface area contributed by atoms with E-state index in [1.807, 2.05) is 13.8 Å². The topological polar surface area (TPSA) is 298 Å². The molecular weight excluding hydrogens is 1450 g/mol. The monoisotopic (exact) mass is 1560 g/mol. The zero-order chi connectivity index (χ0) is 82.0. The van der Waals surface area contributed by atoms with Crippen LogP contribution in [-0.4, -0.2) is 284 Å². The fraction of sp³-hybridized carbons (Fsp3) is 0.662. The molecule has 1 spiro atoms. The number of carbonyl (C=O) groups is 12. The first kappa shape index (κ1) is 88.3. The van der Waals surface area contributed by atoms with E-state index >= 15 is 28.8 Å². The van der Waals surface area contributed by atoms with Crippen LogP contribution in [0.5, 0.6) is 5.75 Å². The average molecular weight is 1560 g/mol. The number of amides is 12. The smallest absolute Gasteiger partial charge is 0.419 e. The van der Waals surface area contributed by atoms with Gasteiger partial charge < -0.3 is 74.3 Å². The van der Waals surface area contributed by atoms with Crippen molar-refractivity contribution in [1.29, 1.82) is 0 Å². The maximum absolute atomic E-state index is 15.8. The van der Waals surface area contributed by atoms with Gasteiger partial charge in [-0.15, -0.1) is 0 Å². The molecule has 110 heavy (non-hydrogen) atoms. The van der Waals surface area contributed by atoms with Crippen molar-refractivity contribution in [2.75, 3.05) is 103 Å². The van der Waals surface area contributed by atoms with Gasteiger partial charge in [0, 0.05) is 96.0 Å². The molecule has 11 atom stereocenters. The van der Waals surface area contributed by atoms with Crippen molar-refractivity contribution in [1.82, 2.24) is 60.0 Å². The van der Waals surface area contributed by atoms with E-state index in [4.69, 9.17) is 14.2 Å². The number of halogens is 6. The fourth-order valence-corrected chi connectivity index (χ4v) is 16.0. The third-order valence-electron chi connectivity index (χ3n) is 22.3. The second-order valence-corrected chi connectivity index (χ2v) is 31.0. The van der Waals surface area contributed by atoms with Crippen LogP contribution in [0.3, 0.4) is 0 Å². The molecule has 3 N–H and O–H groups in total.